The first-order valence-electron chi connectivity index (χ1n) is 12.3. The molecule has 194 valence electrons. The summed E-state index contributed by atoms with van der Waals surface area (Å²) in [5.74, 6) is -0.489. The van der Waals surface area contributed by atoms with Gasteiger partial charge in [0.05, 0.1) is 34.4 Å². The van der Waals surface area contributed by atoms with Gasteiger partial charge in [-0.2, -0.15) is 5.26 Å². The summed E-state index contributed by atoms with van der Waals surface area (Å²) in [5, 5.41) is 21.9. The van der Waals surface area contributed by atoms with Crippen LogP contribution in [0.4, 0.5) is 5.69 Å². The molecule has 7 nitrogen and oxygen atoms in total. The zero-order chi connectivity index (χ0) is 28.2. The van der Waals surface area contributed by atoms with Gasteiger partial charge in [0, 0.05) is 34.7 Å². The molecule has 0 saturated carbocycles. The molecule has 4 rings (SSSR count). The minimum absolute atomic E-state index is 0. The Labute approximate surface area is 257 Å². The Hall–Kier alpha value is -3.68. The second kappa shape index (κ2) is 12.7. The Morgan fingerprint density at radius 1 is 1.05 bits per heavy atom. The summed E-state index contributed by atoms with van der Waals surface area (Å²) in [7, 11) is -4.38. The van der Waals surface area contributed by atoms with Gasteiger partial charge in [0.15, 0.2) is 0 Å². The summed E-state index contributed by atoms with van der Waals surface area (Å²) in [4.78, 5) is 5.35. The molecule has 0 fully saturated rings. The minimum atomic E-state index is -4.38. The van der Waals surface area contributed by atoms with Crippen molar-refractivity contribution < 1.29 is 42.5 Å². The van der Waals surface area contributed by atoms with Crippen LogP contribution in [0.5, 0.6) is 0 Å². The van der Waals surface area contributed by atoms with Crippen LogP contribution in [0.15, 0.2) is 95.8 Å². The molecule has 0 aliphatic carbocycles. The van der Waals surface area contributed by atoms with Crippen molar-refractivity contribution in [3.63, 3.8) is 0 Å². The maximum atomic E-state index is 11.3. The van der Waals surface area contributed by atoms with Crippen molar-refractivity contribution in [3.05, 3.63) is 118 Å². The molecule has 0 unspecified atom stereocenters. The van der Waals surface area contributed by atoms with Gasteiger partial charge < -0.3 is 9.45 Å². The van der Waals surface area contributed by atoms with Gasteiger partial charge in [0.2, 0.25) is 0 Å². The first kappa shape index (κ1) is 30.9. The van der Waals surface area contributed by atoms with E-state index in [-0.39, 0.29) is 59.4 Å². The molecule has 1 aliphatic heterocycles. The second-order valence-electron chi connectivity index (χ2n) is 9.63. The molecule has 3 aromatic rings. The van der Waals surface area contributed by atoms with Crippen LogP contribution < -0.4 is 34.5 Å². The molecule has 1 heterocycles. The summed E-state index contributed by atoms with van der Waals surface area (Å²) < 4.78 is 34.0. The van der Waals surface area contributed by atoms with Crippen LogP contribution in [-0.4, -0.2) is 25.3 Å². The molecule has 0 atom stereocenters. The number of rotatable bonds is 7. The topological polar surface area (TPSA) is 112 Å². The van der Waals surface area contributed by atoms with Crippen molar-refractivity contribution in [2.24, 2.45) is 0 Å². The van der Waals surface area contributed by atoms with E-state index < -0.39 is 21.3 Å². The molecule has 9 heteroatoms. The summed E-state index contributed by atoms with van der Waals surface area (Å²) in [6, 6.07) is 24.9. The van der Waals surface area contributed by atoms with Crippen molar-refractivity contribution in [2.75, 3.05) is 17.2 Å². The van der Waals surface area contributed by atoms with Gasteiger partial charge in [-0.1, -0.05) is 74.5 Å². The van der Waals surface area contributed by atoms with Crippen LogP contribution in [0.1, 0.15) is 31.4 Å². The maximum absolute atomic E-state index is 11.3. The summed E-state index contributed by atoms with van der Waals surface area (Å²) in [6.45, 7) is 11.9. The fraction of sp³-hybridized carbons (Fsp3) is 0.194. The molecule has 0 bridgehead atoms. The van der Waals surface area contributed by atoms with Crippen LogP contribution in [0.2, 0.25) is 0 Å². The third-order valence-corrected chi connectivity index (χ3v) is 7.63. The first-order chi connectivity index (χ1) is 18.6. The van der Waals surface area contributed by atoms with Gasteiger partial charge in [-0.15, -0.1) is 0 Å². The number of benzene rings is 3. The van der Waals surface area contributed by atoms with Crippen LogP contribution in [0.3, 0.4) is 0 Å². The molecule has 1 aliphatic rings. The summed E-state index contributed by atoms with van der Waals surface area (Å²) in [6.07, 6.45) is 3.53. The van der Waals surface area contributed by atoms with E-state index in [4.69, 9.17) is 6.57 Å². The van der Waals surface area contributed by atoms with Crippen LogP contribution >= 0.6 is 0 Å². The standard InChI is InChI=1S/C31H26N4O3S.Na/c1-31(2)28(17-15-24(20-32)29(26(21-33)34-3)23-11-5-4-6-12-23)35(18-9-19-39(36,37)38)27-16-14-22-10-7-8-13-25(22)30(27)31;/h4-8,10-17H,9,18-19H2,1-2H3,(H,36,37,38);/q;+1/p-1/b24-15+,28-17+,29-26+;. The maximum Gasteiger partial charge on any atom is 1.00 e. The van der Waals surface area contributed by atoms with E-state index in [1.807, 2.05) is 53.4 Å². The first-order valence-corrected chi connectivity index (χ1v) is 13.8. The molecule has 0 N–H and O–H groups in total. The van der Waals surface area contributed by atoms with E-state index in [1.54, 1.807) is 36.4 Å². The minimum Gasteiger partial charge on any atom is -0.748 e. The fourth-order valence-corrected chi connectivity index (χ4v) is 5.66. The predicted molar refractivity (Wildman–Crippen MR) is 151 cm³/mol. The molecule has 0 aromatic heterocycles. The third-order valence-electron chi connectivity index (χ3n) is 6.84. The van der Waals surface area contributed by atoms with Gasteiger partial charge in [-0.25, -0.2) is 18.5 Å². The Kier molecular flexibility index (Phi) is 9.77. The Bertz CT molecular complexity index is 1750. The van der Waals surface area contributed by atoms with Gasteiger partial charge in [0.25, 0.3) is 5.70 Å². The van der Waals surface area contributed by atoms with E-state index in [0.29, 0.717) is 5.56 Å². The normalized spacial score (nSPS) is 15.8. The second-order valence-corrected chi connectivity index (χ2v) is 11.2. The van der Waals surface area contributed by atoms with E-state index in [0.717, 1.165) is 27.7 Å². The van der Waals surface area contributed by atoms with Gasteiger partial charge in [0.1, 0.15) is 0 Å². The van der Waals surface area contributed by atoms with E-state index in [9.17, 15) is 23.5 Å². The van der Waals surface area contributed by atoms with Crippen LogP contribution in [0.25, 0.3) is 21.2 Å². The molecule has 0 radical (unpaired) electrons. The molecule has 0 amide bonds. The smallest absolute Gasteiger partial charge is 0.748 e. The monoisotopic (exact) mass is 556 g/mol. The van der Waals surface area contributed by atoms with Crippen molar-refractivity contribution in [2.45, 2.75) is 25.7 Å². The van der Waals surface area contributed by atoms with E-state index in [2.05, 4.69) is 24.8 Å². The third kappa shape index (κ3) is 6.21. The Morgan fingerprint density at radius 3 is 2.35 bits per heavy atom. The van der Waals surface area contributed by atoms with Crippen molar-refractivity contribution >= 4 is 32.2 Å². The van der Waals surface area contributed by atoms with Crippen molar-refractivity contribution in [1.29, 1.82) is 10.5 Å². The SMILES string of the molecule is [C-]#[N+]/C(C#N)=C(/C(C#N)=C/C=C1/N(CCCS(=O)(=O)[O-])c2ccc3ccccc3c2C1(C)C)c1ccccc1.[Na+]. The molecule has 3 aromatic carbocycles. The van der Waals surface area contributed by atoms with Gasteiger partial charge in [-0.05, 0) is 46.5 Å². The average molecular weight is 557 g/mol. The number of hydrogen-bond donors (Lipinski definition) is 0. The molecular weight excluding hydrogens is 531 g/mol. The van der Waals surface area contributed by atoms with E-state index in [1.165, 1.54) is 0 Å². The zero-order valence-electron chi connectivity index (χ0n) is 22.5. The number of hydrogen-bond acceptors (Lipinski definition) is 6. The Morgan fingerprint density at radius 2 is 1.73 bits per heavy atom. The largest absolute Gasteiger partial charge is 1.00 e. The Balaban J connectivity index is 0.00000441. The number of fused-ring (bicyclic) bond motifs is 3. The summed E-state index contributed by atoms with van der Waals surface area (Å²) in [5.41, 5.74) is 3.00. The van der Waals surface area contributed by atoms with E-state index >= 15 is 0 Å². The van der Waals surface area contributed by atoms with Crippen molar-refractivity contribution in [1.82, 2.24) is 0 Å². The number of nitrogens with zero attached hydrogens (tertiary/aromatic N) is 4. The number of nitriles is 2. The van der Waals surface area contributed by atoms with Gasteiger partial charge >= 0.3 is 29.6 Å². The number of allylic oxidation sites excluding steroid dienone is 6. The predicted octanol–water partition coefficient (Wildman–Crippen LogP) is 3.06. The van der Waals surface area contributed by atoms with Crippen LogP contribution in [-0.2, 0) is 15.5 Å². The fourth-order valence-electron chi connectivity index (χ4n) is 5.18. The van der Waals surface area contributed by atoms with Gasteiger partial charge in [-0.3, -0.25) is 0 Å². The molecule has 40 heavy (non-hydrogen) atoms. The van der Waals surface area contributed by atoms with Crippen molar-refractivity contribution in [3.8, 4) is 12.1 Å². The quantitative estimate of drug-likeness (QED) is 0.145. The average Bonchev–Trinajstić information content (AvgIpc) is 3.14. The van der Waals surface area contributed by atoms with Crippen LogP contribution in [0, 0.1) is 29.2 Å². The zero-order valence-corrected chi connectivity index (χ0v) is 25.4. The molecular formula is C31H25N4NaO3S. The summed E-state index contributed by atoms with van der Waals surface area (Å²) >= 11 is 0. The number of anilines is 1. The molecule has 0 spiro atoms. The molecule has 0 saturated heterocycles.